The van der Waals surface area contributed by atoms with Gasteiger partial charge in [0, 0.05) is 41.7 Å². The number of para-hydroxylation sites is 1. The van der Waals surface area contributed by atoms with Gasteiger partial charge in [-0.05, 0) is 31.7 Å². The minimum Gasteiger partial charge on any atom is -0.384 e. The van der Waals surface area contributed by atoms with Gasteiger partial charge in [0.2, 0.25) is 5.91 Å². The fourth-order valence-corrected chi connectivity index (χ4v) is 4.05. The van der Waals surface area contributed by atoms with E-state index in [4.69, 9.17) is 5.73 Å². The second-order valence-corrected chi connectivity index (χ2v) is 9.34. The molecular formula is C24H36N4O. The average molecular weight is 397 g/mol. The summed E-state index contributed by atoms with van der Waals surface area (Å²) < 4.78 is 0. The standard InChI is InChI=1S/C13H15N3.C11H21NO/c14-13-9-12(16-7-3-4-8-16)10-5-1-2-6-11(10)15-13;1-11(2,3)10(13)12-9-7-5-4-6-8-9/h1-2,5-6,9H,3-4,7-8H2,(H2,14,15);9H,4-8H2,1-3H3,(H,12,13). The Kier molecular flexibility index (Phi) is 6.99. The molecule has 0 radical (unpaired) electrons. The highest BCUT2D eigenvalue weighted by Gasteiger charge is 2.24. The normalized spacial score (nSPS) is 17.7. The van der Waals surface area contributed by atoms with Crippen molar-refractivity contribution in [2.45, 2.75) is 71.8 Å². The lowest BCUT2D eigenvalue weighted by Crippen LogP contribution is -2.42. The summed E-state index contributed by atoms with van der Waals surface area (Å²) in [4.78, 5) is 18.4. The second kappa shape index (κ2) is 9.47. The van der Waals surface area contributed by atoms with Crippen molar-refractivity contribution >= 4 is 28.3 Å². The van der Waals surface area contributed by atoms with Crippen molar-refractivity contribution in [1.29, 1.82) is 0 Å². The highest BCUT2D eigenvalue weighted by Crippen LogP contribution is 2.30. The summed E-state index contributed by atoms with van der Waals surface area (Å²) in [5, 5.41) is 4.33. The first-order valence-corrected chi connectivity index (χ1v) is 11.1. The number of hydrogen-bond acceptors (Lipinski definition) is 4. The van der Waals surface area contributed by atoms with E-state index in [0.29, 0.717) is 11.9 Å². The van der Waals surface area contributed by atoms with Gasteiger partial charge in [-0.3, -0.25) is 4.79 Å². The molecule has 1 aromatic heterocycles. The third-order valence-electron chi connectivity index (χ3n) is 5.78. The Labute approximate surface area is 175 Å². The zero-order valence-electron chi connectivity index (χ0n) is 18.2. The predicted molar refractivity (Wildman–Crippen MR) is 122 cm³/mol. The van der Waals surface area contributed by atoms with E-state index in [1.807, 2.05) is 39.0 Å². The number of nitrogens with zero attached hydrogens (tertiary/aromatic N) is 2. The number of benzene rings is 1. The van der Waals surface area contributed by atoms with Crippen molar-refractivity contribution in [3.8, 4) is 0 Å². The number of nitrogens with two attached hydrogens (primary N) is 1. The summed E-state index contributed by atoms with van der Waals surface area (Å²) in [7, 11) is 0. The highest BCUT2D eigenvalue weighted by atomic mass is 16.2. The van der Waals surface area contributed by atoms with E-state index in [1.54, 1.807) is 0 Å². The first-order valence-electron chi connectivity index (χ1n) is 11.1. The van der Waals surface area contributed by atoms with Gasteiger partial charge in [0.25, 0.3) is 0 Å². The molecule has 1 saturated heterocycles. The average Bonchev–Trinajstić information content (AvgIpc) is 3.22. The van der Waals surface area contributed by atoms with E-state index in [9.17, 15) is 4.79 Å². The molecule has 1 aromatic carbocycles. The van der Waals surface area contributed by atoms with Crippen LogP contribution in [0.15, 0.2) is 30.3 Å². The van der Waals surface area contributed by atoms with E-state index in [2.05, 4.69) is 27.3 Å². The number of rotatable bonds is 2. The Morgan fingerprint density at radius 1 is 1.07 bits per heavy atom. The maximum absolute atomic E-state index is 11.6. The molecule has 1 aliphatic heterocycles. The number of nitrogens with one attached hydrogen (secondary N) is 1. The number of anilines is 2. The van der Waals surface area contributed by atoms with Crippen LogP contribution in [0.1, 0.15) is 65.7 Å². The van der Waals surface area contributed by atoms with E-state index < -0.39 is 0 Å². The van der Waals surface area contributed by atoms with Gasteiger partial charge in [-0.1, -0.05) is 58.2 Å². The van der Waals surface area contributed by atoms with Crippen molar-refractivity contribution in [3.05, 3.63) is 30.3 Å². The molecule has 29 heavy (non-hydrogen) atoms. The summed E-state index contributed by atoms with van der Waals surface area (Å²) in [6.45, 7) is 8.16. The van der Waals surface area contributed by atoms with Gasteiger partial charge in [-0.2, -0.15) is 0 Å². The van der Waals surface area contributed by atoms with Crippen molar-refractivity contribution in [2.24, 2.45) is 5.41 Å². The number of pyridine rings is 1. The number of amides is 1. The summed E-state index contributed by atoms with van der Waals surface area (Å²) in [5.41, 5.74) is 7.84. The minimum atomic E-state index is -0.239. The first kappa shape index (κ1) is 21.4. The molecule has 4 rings (SSSR count). The maximum Gasteiger partial charge on any atom is 0.225 e. The zero-order chi connectivity index (χ0) is 20.9. The molecular weight excluding hydrogens is 360 g/mol. The van der Waals surface area contributed by atoms with E-state index >= 15 is 0 Å². The molecule has 5 nitrogen and oxygen atoms in total. The van der Waals surface area contributed by atoms with Gasteiger partial charge >= 0.3 is 0 Å². The maximum atomic E-state index is 11.6. The number of carbonyl (C=O) groups is 1. The monoisotopic (exact) mass is 396 g/mol. The van der Waals surface area contributed by atoms with Crippen molar-refractivity contribution in [3.63, 3.8) is 0 Å². The molecule has 1 saturated carbocycles. The van der Waals surface area contributed by atoms with Gasteiger partial charge in [0.05, 0.1) is 5.52 Å². The first-order chi connectivity index (χ1) is 13.8. The van der Waals surface area contributed by atoms with Crippen LogP contribution in [0.25, 0.3) is 10.9 Å². The molecule has 0 atom stereocenters. The molecule has 1 amide bonds. The molecule has 1 aliphatic carbocycles. The van der Waals surface area contributed by atoms with Crippen molar-refractivity contribution in [1.82, 2.24) is 10.3 Å². The SMILES string of the molecule is CC(C)(C)C(=O)NC1CCCCC1.Nc1cc(N2CCCC2)c2ccccc2n1. The highest BCUT2D eigenvalue weighted by molar-refractivity contribution is 5.93. The topological polar surface area (TPSA) is 71.2 Å². The lowest BCUT2D eigenvalue weighted by molar-refractivity contribution is -0.129. The van der Waals surface area contributed by atoms with Crippen LogP contribution in [-0.2, 0) is 4.79 Å². The number of nitrogen functional groups attached to an aromatic ring is 1. The fourth-order valence-electron chi connectivity index (χ4n) is 4.05. The zero-order valence-corrected chi connectivity index (χ0v) is 18.2. The van der Waals surface area contributed by atoms with Crippen LogP contribution in [0.4, 0.5) is 11.5 Å². The van der Waals surface area contributed by atoms with Gasteiger partial charge in [0.15, 0.2) is 0 Å². The lowest BCUT2D eigenvalue weighted by Gasteiger charge is -2.26. The minimum absolute atomic E-state index is 0.194. The second-order valence-electron chi connectivity index (χ2n) is 9.34. The number of hydrogen-bond donors (Lipinski definition) is 2. The van der Waals surface area contributed by atoms with Crippen LogP contribution in [0.5, 0.6) is 0 Å². The van der Waals surface area contributed by atoms with Crippen molar-refractivity contribution < 1.29 is 4.79 Å². The van der Waals surface area contributed by atoms with Gasteiger partial charge < -0.3 is 16.0 Å². The predicted octanol–water partition coefficient (Wildman–Crippen LogP) is 4.90. The largest absolute Gasteiger partial charge is 0.384 e. The van der Waals surface area contributed by atoms with Crippen LogP contribution in [0.3, 0.4) is 0 Å². The summed E-state index contributed by atoms with van der Waals surface area (Å²) in [5.74, 6) is 0.806. The number of fused-ring (bicyclic) bond motifs is 1. The molecule has 0 unspecified atom stereocenters. The molecule has 2 aromatic rings. The molecule has 2 fully saturated rings. The Hall–Kier alpha value is -2.30. The molecule has 0 spiro atoms. The molecule has 2 heterocycles. The Balaban J connectivity index is 0.000000170. The Morgan fingerprint density at radius 2 is 1.72 bits per heavy atom. The van der Waals surface area contributed by atoms with Crippen LogP contribution >= 0.6 is 0 Å². The Morgan fingerprint density at radius 3 is 2.38 bits per heavy atom. The molecule has 5 heteroatoms. The summed E-state index contributed by atoms with van der Waals surface area (Å²) in [6, 6.07) is 10.6. The van der Waals surface area contributed by atoms with Crippen LogP contribution in [-0.4, -0.2) is 30.0 Å². The molecule has 2 aliphatic rings. The molecule has 0 bridgehead atoms. The van der Waals surface area contributed by atoms with Crippen LogP contribution in [0.2, 0.25) is 0 Å². The van der Waals surface area contributed by atoms with E-state index in [0.717, 1.165) is 18.6 Å². The van der Waals surface area contributed by atoms with Gasteiger partial charge in [-0.15, -0.1) is 0 Å². The van der Waals surface area contributed by atoms with Crippen LogP contribution < -0.4 is 16.0 Å². The van der Waals surface area contributed by atoms with E-state index in [1.165, 1.54) is 56.0 Å². The summed E-state index contributed by atoms with van der Waals surface area (Å²) >= 11 is 0. The lowest BCUT2D eigenvalue weighted by atomic mass is 9.91. The number of aromatic nitrogens is 1. The van der Waals surface area contributed by atoms with Gasteiger partial charge in [0.1, 0.15) is 5.82 Å². The van der Waals surface area contributed by atoms with E-state index in [-0.39, 0.29) is 11.3 Å². The third kappa shape index (κ3) is 5.84. The smallest absolute Gasteiger partial charge is 0.225 e. The fraction of sp³-hybridized carbons (Fsp3) is 0.583. The Bertz CT molecular complexity index is 815. The van der Waals surface area contributed by atoms with Gasteiger partial charge in [-0.25, -0.2) is 4.98 Å². The number of carbonyl (C=O) groups excluding carboxylic acids is 1. The third-order valence-corrected chi connectivity index (χ3v) is 5.78. The molecule has 158 valence electrons. The van der Waals surface area contributed by atoms with Crippen molar-refractivity contribution in [2.75, 3.05) is 23.7 Å². The van der Waals surface area contributed by atoms with Crippen LogP contribution in [0, 0.1) is 5.41 Å². The molecule has 3 N–H and O–H groups in total. The summed E-state index contributed by atoms with van der Waals surface area (Å²) in [6.07, 6.45) is 8.77. The quantitative estimate of drug-likeness (QED) is 0.757.